The Kier molecular flexibility index (Phi) is 4.71. The molecule has 21 heavy (non-hydrogen) atoms. The number of ether oxygens (including phenoxy) is 1. The molecule has 0 saturated carbocycles. The average molecular weight is 286 g/mol. The van der Waals surface area contributed by atoms with Crippen molar-refractivity contribution in [1.82, 2.24) is 10.2 Å². The Morgan fingerprint density at radius 3 is 2.48 bits per heavy atom. The van der Waals surface area contributed by atoms with Crippen molar-refractivity contribution in [3.63, 3.8) is 0 Å². The van der Waals surface area contributed by atoms with Gasteiger partial charge in [0.25, 0.3) is 0 Å². The Hall–Kier alpha value is -2.63. The fourth-order valence-electron chi connectivity index (χ4n) is 2.14. The predicted octanol–water partition coefficient (Wildman–Crippen LogP) is 2.49. The van der Waals surface area contributed by atoms with E-state index in [1.54, 1.807) is 12.1 Å². The maximum atomic E-state index is 9.02. The average Bonchev–Trinajstić information content (AvgIpc) is 2.54. The largest absolute Gasteiger partial charge is 0.437 e. The fraction of sp³-hybridized carbons (Fsp3) is 0.267. The third-order valence-electron chi connectivity index (χ3n) is 3.14. The Balaban J connectivity index is 2.55. The predicted molar refractivity (Wildman–Crippen MR) is 79.8 cm³/mol. The molecule has 0 unspecified atom stereocenters. The maximum absolute atomic E-state index is 9.02. The highest BCUT2D eigenvalue weighted by Crippen LogP contribution is 2.26. The van der Waals surface area contributed by atoms with Crippen LogP contribution in [0.15, 0.2) is 35.5 Å². The van der Waals surface area contributed by atoms with Crippen LogP contribution in [0.1, 0.15) is 30.7 Å². The van der Waals surface area contributed by atoms with Gasteiger partial charge in [0.05, 0.1) is 11.3 Å². The van der Waals surface area contributed by atoms with Gasteiger partial charge in [0.2, 0.25) is 5.88 Å². The van der Waals surface area contributed by atoms with Crippen LogP contribution in [-0.4, -0.2) is 21.2 Å². The van der Waals surface area contributed by atoms with Gasteiger partial charge in [0, 0.05) is 0 Å². The Morgan fingerprint density at radius 2 is 1.90 bits per heavy atom. The lowest BCUT2D eigenvalue weighted by Gasteiger charge is -2.14. The molecule has 2 rings (SSSR count). The summed E-state index contributed by atoms with van der Waals surface area (Å²) in [6.45, 7) is 3.97. The molecule has 0 aliphatic rings. The van der Waals surface area contributed by atoms with E-state index in [4.69, 9.17) is 15.7 Å². The SMILES string of the molecule is CCc1nnc(Oc2ccccc2)c(/C(N)=N/O)c1CC. The van der Waals surface area contributed by atoms with Crippen molar-refractivity contribution >= 4 is 5.84 Å². The van der Waals surface area contributed by atoms with Gasteiger partial charge in [-0.1, -0.05) is 37.2 Å². The summed E-state index contributed by atoms with van der Waals surface area (Å²) in [5.41, 5.74) is 8.00. The molecule has 0 spiro atoms. The number of nitrogens with two attached hydrogens (primary N) is 1. The molecule has 3 N–H and O–H groups in total. The second kappa shape index (κ2) is 6.69. The first-order valence-corrected chi connectivity index (χ1v) is 6.80. The van der Waals surface area contributed by atoms with E-state index < -0.39 is 0 Å². The van der Waals surface area contributed by atoms with Gasteiger partial charge in [-0.3, -0.25) is 0 Å². The van der Waals surface area contributed by atoms with Crippen molar-refractivity contribution in [2.45, 2.75) is 26.7 Å². The number of rotatable bonds is 5. The zero-order valence-electron chi connectivity index (χ0n) is 12.1. The summed E-state index contributed by atoms with van der Waals surface area (Å²) < 4.78 is 5.73. The minimum Gasteiger partial charge on any atom is -0.437 e. The number of aromatic nitrogens is 2. The number of oxime groups is 1. The summed E-state index contributed by atoms with van der Waals surface area (Å²) in [6, 6.07) is 9.20. The molecule has 2 aromatic rings. The lowest BCUT2D eigenvalue weighted by atomic mass is 10.0. The summed E-state index contributed by atoms with van der Waals surface area (Å²) in [7, 11) is 0. The van der Waals surface area contributed by atoms with Gasteiger partial charge in [0.1, 0.15) is 5.75 Å². The smallest absolute Gasteiger partial charge is 0.250 e. The normalized spacial score (nSPS) is 11.4. The standard InChI is InChI=1S/C15H18N4O2/c1-3-11-12(4-2)17-18-15(13(11)14(16)19-20)21-10-8-6-5-7-9-10/h5-9,20H,3-4H2,1-2H3,(H2,16,19). The molecule has 0 radical (unpaired) electrons. The molecule has 0 saturated heterocycles. The Morgan fingerprint density at radius 1 is 1.19 bits per heavy atom. The van der Waals surface area contributed by atoms with E-state index in [2.05, 4.69) is 15.4 Å². The quantitative estimate of drug-likeness (QED) is 0.381. The molecule has 6 heteroatoms. The highest BCUT2D eigenvalue weighted by atomic mass is 16.5. The lowest BCUT2D eigenvalue weighted by Crippen LogP contribution is -2.19. The molecule has 0 fully saturated rings. The van der Waals surface area contributed by atoms with Crippen LogP contribution < -0.4 is 10.5 Å². The van der Waals surface area contributed by atoms with Gasteiger partial charge < -0.3 is 15.7 Å². The van der Waals surface area contributed by atoms with E-state index in [9.17, 15) is 0 Å². The molecule has 110 valence electrons. The maximum Gasteiger partial charge on any atom is 0.250 e. The van der Waals surface area contributed by atoms with Gasteiger partial charge in [-0.25, -0.2) is 0 Å². The summed E-state index contributed by atoms with van der Waals surface area (Å²) in [5.74, 6) is 0.832. The Bertz CT molecular complexity index is 642. The second-order valence-electron chi connectivity index (χ2n) is 4.41. The van der Waals surface area contributed by atoms with E-state index >= 15 is 0 Å². The van der Waals surface area contributed by atoms with Crippen molar-refractivity contribution in [3.8, 4) is 11.6 Å². The van der Waals surface area contributed by atoms with Crippen molar-refractivity contribution in [2.24, 2.45) is 10.9 Å². The third kappa shape index (κ3) is 3.10. The van der Waals surface area contributed by atoms with E-state index in [-0.39, 0.29) is 11.7 Å². The van der Waals surface area contributed by atoms with Crippen LogP contribution in [0.25, 0.3) is 0 Å². The number of amidine groups is 1. The van der Waals surface area contributed by atoms with Gasteiger partial charge >= 0.3 is 0 Å². The van der Waals surface area contributed by atoms with Crippen LogP contribution in [-0.2, 0) is 12.8 Å². The summed E-state index contributed by atoms with van der Waals surface area (Å²) in [6.07, 6.45) is 1.41. The fourth-order valence-corrected chi connectivity index (χ4v) is 2.14. The number of benzene rings is 1. The molecule has 0 bridgehead atoms. The topological polar surface area (TPSA) is 93.6 Å². The zero-order valence-corrected chi connectivity index (χ0v) is 12.1. The summed E-state index contributed by atoms with van der Waals surface area (Å²) in [4.78, 5) is 0. The monoisotopic (exact) mass is 286 g/mol. The zero-order chi connectivity index (χ0) is 15.2. The summed E-state index contributed by atoms with van der Waals surface area (Å²) in [5, 5.41) is 20.4. The van der Waals surface area contributed by atoms with Gasteiger partial charge in [-0.05, 0) is 30.5 Å². The first-order chi connectivity index (χ1) is 10.2. The van der Waals surface area contributed by atoms with Gasteiger partial charge in [-0.2, -0.15) is 5.10 Å². The van der Waals surface area contributed by atoms with Gasteiger partial charge in [0.15, 0.2) is 5.84 Å². The molecule has 0 amide bonds. The first kappa shape index (κ1) is 14.8. The van der Waals surface area contributed by atoms with Crippen molar-refractivity contribution in [1.29, 1.82) is 0 Å². The first-order valence-electron chi connectivity index (χ1n) is 6.80. The molecule has 0 atom stereocenters. The van der Waals surface area contributed by atoms with Gasteiger partial charge in [-0.15, -0.1) is 5.10 Å². The van der Waals surface area contributed by atoms with Crippen molar-refractivity contribution in [2.75, 3.05) is 0 Å². The minimum absolute atomic E-state index is 0.0256. The number of hydrogen-bond acceptors (Lipinski definition) is 5. The van der Waals surface area contributed by atoms with Crippen LogP contribution >= 0.6 is 0 Å². The Labute approximate surface area is 123 Å². The van der Waals surface area contributed by atoms with Crippen LogP contribution in [0.5, 0.6) is 11.6 Å². The van der Waals surface area contributed by atoms with Crippen LogP contribution in [0.4, 0.5) is 0 Å². The molecular formula is C15H18N4O2. The highest BCUT2D eigenvalue weighted by Gasteiger charge is 2.19. The van der Waals surface area contributed by atoms with Crippen LogP contribution in [0.2, 0.25) is 0 Å². The van der Waals surface area contributed by atoms with Crippen LogP contribution in [0.3, 0.4) is 0 Å². The molecule has 0 aliphatic heterocycles. The van der Waals surface area contributed by atoms with Crippen molar-refractivity contribution in [3.05, 3.63) is 47.2 Å². The summed E-state index contributed by atoms with van der Waals surface area (Å²) >= 11 is 0. The number of aryl methyl sites for hydroxylation is 1. The van der Waals surface area contributed by atoms with E-state index in [1.807, 2.05) is 32.0 Å². The molecule has 1 aromatic carbocycles. The molecule has 6 nitrogen and oxygen atoms in total. The lowest BCUT2D eigenvalue weighted by molar-refractivity contribution is 0.318. The number of nitrogens with zero attached hydrogens (tertiary/aromatic N) is 3. The molecular weight excluding hydrogens is 268 g/mol. The van der Waals surface area contributed by atoms with Crippen molar-refractivity contribution < 1.29 is 9.94 Å². The van der Waals surface area contributed by atoms with E-state index in [0.717, 1.165) is 11.3 Å². The minimum atomic E-state index is -0.0256. The second-order valence-corrected chi connectivity index (χ2v) is 4.41. The molecule has 0 aliphatic carbocycles. The highest BCUT2D eigenvalue weighted by molar-refractivity contribution is 6.00. The number of para-hydroxylation sites is 1. The third-order valence-corrected chi connectivity index (χ3v) is 3.14. The van der Waals surface area contributed by atoms with E-state index in [1.165, 1.54) is 0 Å². The van der Waals surface area contributed by atoms with Crippen LogP contribution in [0, 0.1) is 0 Å². The van der Waals surface area contributed by atoms with E-state index in [0.29, 0.717) is 24.2 Å². The number of hydrogen-bond donors (Lipinski definition) is 2. The molecule has 1 heterocycles. The molecule has 1 aromatic heterocycles.